The van der Waals surface area contributed by atoms with Crippen LogP contribution in [0, 0.1) is 11.6 Å². The fourth-order valence-electron chi connectivity index (χ4n) is 4.75. The summed E-state index contributed by atoms with van der Waals surface area (Å²) in [6.07, 6.45) is 3.37. The lowest BCUT2D eigenvalue weighted by molar-refractivity contribution is -0.110. The number of rotatable bonds is 6. The molecule has 1 unspecified atom stereocenters. The Morgan fingerprint density at radius 1 is 1.21 bits per heavy atom. The molecule has 2 aromatic heterocycles. The van der Waals surface area contributed by atoms with Gasteiger partial charge in [0.2, 0.25) is 0 Å². The summed E-state index contributed by atoms with van der Waals surface area (Å²) in [5.74, 6) is -0.560. The van der Waals surface area contributed by atoms with E-state index >= 15 is 0 Å². The van der Waals surface area contributed by atoms with Crippen LogP contribution in [0.25, 0.3) is 21.9 Å². The average molecular weight is 468 g/mol. The van der Waals surface area contributed by atoms with Gasteiger partial charge in [-0.1, -0.05) is 0 Å². The number of hydrogen-bond acceptors (Lipinski definition) is 6. The Balaban J connectivity index is 1.25. The van der Waals surface area contributed by atoms with Gasteiger partial charge in [-0.25, -0.2) is 13.8 Å². The minimum Gasteiger partial charge on any atom is -0.497 e. The topological polar surface area (TPSA) is 86.3 Å². The van der Waals surface area contributed by atoms with Crippen LogP contribution in [0.2, 0.25) is 0 Å². The van der Waals surface area contributed by atoms with Gasteiger partial charge in [0.15, 0.2) is 11.6 Å². The van der Waals surface area contributed by atoms with Crippen molar-refractivity contribution in [3.05, 3.63) is 65.6 Å². The molecule has 3 N–H and O–H groups in total. The number of aromatic amines is 1. The summed E-state index contributed by atoms with van der Waals surface area (Å²) in [7, 11) is 1.62. The fourth-order valence-corrected chi connectivity index (χ4v) is 4.75. The van der Waals surface area contributed by atoms with Gasteiger partial charge >= 0.3 is 0 Å². The highest BCUT2D eigenvalue weighted by atomic mass is 19.2. The van der Waals surface area contributed by atoms with E-state index in [1.54, 1.807) is 13.3 Å². The average Bonchev–Trinajstić information content (AvgIpc) is 3.28. The second-order valence-corrected chi connectivity index (χ2v) is 8.85. The van der Waals surface area contributed by atoms with Crippen molar-refractivity contribution in [2.45, 2.75) is 38.1 Å². The molecule has 0 bridgehead atoms. The fraction of sp³-hybridized carbons (Fsp3) is 0.360. The maximum atomic E-state index is 13.9. The van der Waals surface area contributed by atoms with Gasteiger partial charge in [-0.05, 0) is 56.2 Å². The summed E-state index contributed by atoms with van der Waals surface area (Å²) in [4.78, 5) is 13.7. The number of halogens is 2. The first kappa shape index (κ1) is 22.6. The molecule has 1 aliphatic rings. The summed E-state index contributed by atoms with van der Waals surface area (Å²) in [6.45, 7) is 3.62. The summed E-state index contributed by atoms with van der Waals surface area (Å²) in [5, 5.41) is 15.9. The zero-order valence-electron chi connectivity index (χ0n) is 19.1. The molecule has 3 heterocycles. The number of H-pyrrole nitrogens is 1. The van der Waals surface area contributed by atoms with Crippen LogP contribution >= 0.6 is 0 Å². The molecular formula is C25H27F2N5O2. The molecule has 1 saturated heterocycles. The molecule has 7 nitrogen and oxygen atoms in total. The molecule has 0 spiro atoms. The second kappa shape index (κ2) is 8.90. The zero-order chi connectivity index (χ0) is 23.9. The van der Waals surface area contributed by atoms with Crippen molar-refractivity contribution in [2.75, 3.05) is 20.2 Å². The highest BCUT2D eigenvalue weighted by Crippen LogP contribution is 2.34. The minimum atomic E-state index is -1.17. The Labute approximate surface area is 195 Å². The Bertz CT molecular complexity index is 1330. The van der Waals surface area contributed by atoms with Gasteiger partial charge in [0.05, 0.1) is 24.7 Å². The standard InChI is InChI=1S/C25H27F2N5O2/c1-25(33,18-7-10-28-20-5-3-16(34-2)13-17(18)20)32-11-8-15(9-12-32)29-14-22-30-21-6-4-19(26)23(27)24(21)31-22/h3-7,10,13,15,29,33H,8-9,11-12,14H2,1-2H3,(H,30,31). The summed E-state index contributed by atoms with van der Waals surface area (Å²) in [6, 6.07) is 10.3. The quantitative estimate of drug-likeness (QED) is 0.400. The van der Waals surface area contributed by atoms with Crippen molar-refractivity contribution >= 4 is 21.9 Å². The lowest BCUT2D eigenvalue weighted by Crippen LogP contribution is -2.51. The molecule has 9 heteroatoms. The van der Waals surface area contributed by atoms with Gasteiger partial charge in [0, 0.05) is 36.3 Å². The van der Waals surface area contributed by atoms with Crippen LogP contribution < -0.4 is 10.1 Å². The Morgan fingerprint density at radius 2 is 2.00 bits per heavy atom. The van der Waals surface area contributed by atoms with E-state index in [1.165, 1.54) is 6.07 Å². The molecule has 0 aliphatic carbocycles. The van der Waals surface area contributed by atoms with Crippen LogP contribution in [-0.2, 0) is 12.3 Å². The van der Waals surface area contributed by atoms with Gasteiger partial charge in [0.1, 0.15) is 22.8 Å². The molecule has 1 aliphatic heterocycles. The molecule has 0 radical (unpaired) electrons. The molecule has 1 fully saturated rings. The van der Waals surface area contributed by atoms with E-state index in [4.69, 9.17) is 4.74 Å². The number of likely N-dealkylation sites (tertiary alicyclic amines) is 1. The van der Waals surface area contributed by atoms with Crippen molar-refractivity contribution in [3.8, 4) is 5.75 Å². The maximum Gasteiger partial charge on any atom is 0.186 e. The third-order valence-corrected chi connectivity index (χ3v) is 6.72. The van der Waals surface area contributed by atoms with E-state index in [0.717, 1.165) is 35.4 Å². The number of methoxy groups -OCH3 is 1. The first-order valence-electron chi connectivity index (χ1n) is 11.3. The van der Waals surface area contributed by atoms with Crippen LogP contribution in [0.15, 0.2) is 42.6 Å². The first-order valence-corrected chi connectivity index (χ1v) is 11.3. The number of nitrogens with zero attached hydrogens (tertiary/aromatic N) is 3. The molecule has 4 aromatic rings. The predicted octanol–water partition coefficient (Wildman–Crippen LogP) is 3.82. The lowest BCUT2D eigenvalue weighted by atomic mass is 9.95. The van der Waals surface area contributed by atoms with Crippen LogP contribution in [0.1, 0.15) is 31.2 Å². The number of piperidine rings is 1. The Morgan fingerprint density at radius 3 is 2.76 bits per heavy atom. The van der Waals surface area contributed by atoms with E-state index in [9.17, 15) is 13.9 Å². The van der Waals surface area contributed by atoms with Crippen LogP contribution in [-0.4, -0.2) is 51.2 Å². The van der Waals surface area contributed by atoms with Gasteiger partial charge in [0.25, 0.3) is 0 Å². The molecule has 0 saturated carbocycles. The lowest BCUT2D eigenvalue weighted by Gasteiger charge is -2.42. The number of ether oxygens (including phenoxy) is 1. The van der Waals surface area contributed by atoms with Crippen LogP contribution in [0.3, 0.4) is 0 Å². The summed E-state index contributed by atoms with van der Waals surface area (Å²) in [5.41, 5.74) is 0.919. The minimum absolute atomic E-state index is 0.0175. The van der Waals surface area contributed by atoms with Crippen molar-refractivity contribution in [3.63, 3.8) is 0 Å². The number of fused-ring (bicyclic) bond motifs is 2. The molecule has 5 rings (SSSR count). The molecule has 178 valence electrons. The summed E-state index contributed by atoms with van der Waals surface area (Å²) >= 11 is 0. The SMILES string of the molecule is COc1ccc2nccc(C(C)(O)N3CCC(NCc4nc5c(F)c(F)ccc5[nH]4)CC3)c2c1. The van der Waals surface area contributed by atoms with E-state index in [-0.39, 0.29) is 11.6 Å². The number of hydrogen-bond donors (Lipinski definition) is 3. The number of benzene rings is 2. The number of aliphatic hydroxyl groups is 1. The first-order chi connectivity index (χ1) is 16.4. The largest absolute Gasteiger partial charge is 0.497 e. The van der Waals surface area contributed by atoms with E-state index < -0.39 is 17.4 Å². The molecule has 0 amide bonds. The second-order valence-electron chi connectivity index (χ2n) is 8.85. The van der Waals surface area contributed by atoms with Crippen LogP contribution in [0.4, 0.5) is 8.78 Å². The van der Waals surface area contributed by atoms with Crippen molar-refractivity contribution in [1.29, 1.82) is 0 Å². The van der Waals surface area contributed by atoms with E-state index in [1.807, 2.05) is 31.2 Å². The van der Waals surface area contributed by atoms with Crippen molar-refractivity contribution < 1.29 is 18.6 Å². The third kappa shape index (κ3) is 4.11. The van der Waals surface area contributed by atoms with Gasteiger partial charge < -0.3 is 20.1 Å². The molecule has 34 heavy (non-hydrogen) atoms. The number of aromatic nitrogens is 3. The third-order valence-electron chi connectivity index (χ3n) is 6.72. The highest BCUT2D eigenvalue weighted by Gasteiger charge is 2.35. The monoisotopic (exact) mass is 467 g/mol. The number of pyridine rings is 1. The zero-order valence-corrected chi connectivity index (χ0v) is 19.1. The summed E-state index contributed by atoms with van der Waals surface area (Å²) < 4.78 is 32.7. The van der Waals surface area contributed by atoms with Crippen molar-refractivity contribution in [1.82, 2.24) is 25.2 Å². The Hall–Kier alpha value is -3.14. The smallest absolute Gasteiger partial charge is 0.186 e. The molecule has 2 aromatic carbocycles. The van der Waals surface area contributed by atoms with Gasteiger partial charge in [-0.15, -0.1) is 0 Å². The Kier molecular flexibility index (Phi) is 5.93. The highest BCUT2D eigenvalue weighted by molar-refractivity contribution is 5.84. The normalized spacial score (nSPS) is 17.3. The number of imidazole rings is 1. The predicted molar refractivity (Wildman–Crippen MR) is 125 cm³/mol. The number of nitrogens with one attached hydrogen (secondary N) is 2. The van der Waals surface area contributed by atoms with Gasteiger partial charge in [-0.2, -0.15) is 0 Å². The molecular weight excluding hydrogens is 440 g/mol. The van der Waals surface area contributed by atoms with Crippen molar-refractivity contribution in [2.24, 2.45) is 0 Å². The molecule has 1 atom stereocenters. The van der Waals surface area contributed by atoms with E-state index in [0.29, 0.717) is 36.7 Å². The van der Waals surface area contributed by atoms with E-state index in [2.05, 4.69) is 25.2 Å². The van der Waals surface area contributed by atoms with Gasteiger partial charge in [-0.3, -0.25) is 9.88 Å². The maximum absolute atomic E-state index is 13.9. The van der Waals surface area contributed by atoms with Crippen LogP contribution in [0.5, 0.6) is 5.75 Å².